The highest BCUT2D eigenvalue weighted by atomic mass is 35.5. The lowest BCUT2D eigenvalue weighted by Crippen LogP contribution is -2.09. The van der Waals surface area contributed by atoms with Gasteiger partial charge in [-0.1, -0.05) is 51.9 Å². The van der Waals surface area contributed by atoms with Crippen LogP contribution in [-0.2, 0) is 19.1 Å². The van der Waals surface area contributed by atoms with Gasteiger partial charge in [0.1, 0.15) is 0 Å². The number of rotatable bonds is 16. The summed E-state index contributed by atoms with van der Waals surface area (Å²) < 4.78 is 9.31. The van der Waals surface area contributed by atoms with Gasteiger partial charge < -0.3 is 9.47 Å². The second kappa shape index (κ2) is 16.7. The third-order valence-electron chi connectivity index (χ3n) is 4.59. The molecule has 0 amide bonds. The lowest BCUT2D eigenvalue weighted by Gasteiger charge is -2.13. The number of carbonyl (C=O) groups is 2. The summed E-state index contributed by atoms with van der Waals surface area (Å²) in [7, 11) is 2.87. The normalized spacial score (nSPS) is 13.3. The zero-order chi connectivity index (χ0) is 18.9. The summed E-state index contributed by atoms with van der Waals surface area (Å²) >= 11 is 6.38. The number of hydrogen-bond acceptors (Lipinski definition) is 4. The predicted molar refractivity (Wildman–Crippen MR) is 103 cm³/mol. The standard InChI is InChI=1S/C20H37ClO4/c1-17(16-20(23)25-3)14-15-18(21)12-10-8-6-4-5-7-9-11-13-19(22)24-2/h17-18H,4-16H2,1-3H3. The first-order valence-corrected chi connectivity index (χ1v) is 10.2. The van der Waals surface area contributed by atoms with Gasteiger partial charge >= 0.3 is 11.9 Å². The average Bonchev–Trinajstić information content (AvgIpc) is 2.60. The maximum absolute atomic E-state index is 11.2. The molecule has 0 bridgehead atoms. The Morgan fingerprint density at radius 3 is 1.84 bits per heavy atom. The number of methoxy groups -OCH3 is 2. The van der Waals surface area contributed by atoms with Crippen molar-refractivity contribution >= 4 is 23.5 Å². The second-order valence-corrected chi connectivity index (χ2v) is 7.62. The van der Waals surface area contributed by atoms with Crippen molar-refractivity contribution in [1.29, 1.82) is 0 Å². The number of esters is 2. The Balaban J connectivity index is 3.36. The Morgan fingerprint density at radius 2 is 1.28 bits per heavy atom. The van der Waals surface area contributed by atoms with Gasteiger partial charge in [0.25, 0.3) is 0 Å². The van der Waals surface area contributed by atoms with Crippen LogP contribution in [-0.4, -0.2) is 31.5 Å². The van der Waals surface area contributed by atoms with E-state index in [0.29, 0.717) is 18.8 Å². The number of unbranched alkanes of at least 4 members (excludes halogenated alkanes) is 7. The van der Waals surface area contributed by atoms with Crippen molar-refractivity contribution in [3.63, 3.8) is 0 Å². The van der Waals surface area contributed by atoms with Crippen molar-refractivity contribution in [2.75, 3.05) is 14.2 Å². The minimum absolute atomic E-state index is 0.102. The van der Waals surface area contributed by atoms with Crippen LogP contribution >= 0.6 is 11.6 Å². The predicted octanol–water partition coefficient (Wildman–Crippen LogP) is 5.65. The van der Waals surface area contributed by atoms with Crippen molar-refractivity contribution in [3.05, 3.63) is 0 Å². The summed E-state index contributed by atoms with van der Waals surface area (Å²) in [5.74, 6) is 0.104. The zero-order valence-electron chi connectivity index (χ0n) is 16.4. The van der Waals surface area contributed by atoms with E-state index in [1.807, 2.05) is 0 Å². The highest BCUT2D eigenvalue weighted by Crippen LogP contribution is 2.20. The maximum Gasteiger partial charge on any atom is 0.305 e. The molecule has 0 N–H and O–H groups in total. The molecule has 0 aliphatic heterocycles. The third kappa shape index (κ3) is 16.4. The summed E-state index contributed by atoms with van der Waals surface area (Å²) in [5, 5.41) is 0.221. The summed E-state index contributed by atoms with van der Waals surface area (Å²) in [6.45, 7) is 2.08. The molecule has 5 heteroatoms. The number of ether oxygens (including phenoxy) is 2. The zero-order valence-corrected chi connectivity index (χ0v) is 17.1. The molecule has 0 saturated carbocycles. The van der Waals surface area contributed by atoms with Crippen LogP contribution in [0.15, 0.2) is 0 Å². The van der Waals surface area contributed by atoms with Crippen LogP contribution in [0, 0.1) is 5.92 Å². The molecular weight excluding hydrogens is 340 g/mol. The molecule has 0 aliphatic rings. The summed E-state index contributed by atoms with van der Waals surface area (Å²) in [6.07, 6.45) is 13.5. The Hall–Kier alpha value is -0.770. The fourth-order valence-corrected chi connectivity index (χ4v) is 3.16. The van der Waals surface area contributed by atoms with E-state index in [-0.39, 0.29) is 17.3 Å². The lowest BCUT2D eigenvalue weighted by molar-refractivity contribution is -0.142. The largest absolute Gasteiger partial charge is 0.469 e. The minimum atomic E-state index is -0.135. The van der Waals surface area contributed by atoms with E-state index in [1.54, 1.807) is 0 Å². The van der Waals surface area contributed by atoms with Crippen LogP contribution in [0.1, 0.15) is 90.4 Å². The molecule has 2 atom stereocenters. The molecule has 0 aromatic rings. The highest BCUT2D eigenvalue weighted by Gasteiger charge is 2.12. The molecule has 0 heterocycles. The number of carbonyl (C=O) groups excluding carboxylic acids is 2. The van der Waals surface area contributed by atoms with Crippen molar-refractivity contribution in [1.82, 2.24) is 0 Å². The average molecular weight is 377 g/mol. The van der Waals surface area contributed by atoms with Crippen LogP contribution in [0.25, 0.3) is 0 Å². The molecule has 0 aromatic carbocycles. The van der Waals surface area contributed by atoms with E-state index in [1.165, 1.54) is 52.7 Å². The molecule has 0 rings (SSSR count). The Labute approximate surface area is 159 Å². The number of halogens is 1. The molecule has 0 saturated heterocycles. The Morgan fingerprint density at radius 1 is 0.760 bits per heavy atom. The highest BCUT2D eigenvalue weighted by molar-refractivity contribution is 6.20. The van der Waals surface area contributed by atoms with E-state index in [0.717, 1.165) is 32.1 Å². The fourth-order valence-electron chi connectivity index (χ4n) is 2.88. The molecular formula is C20H37ClO4. The maximum atomic E-state index is 11.2. The second-order valence-electron chi connectivity index (χ2n) is 7.00. The topological polar surface area (TPSA) is 52.6 Å². The van der Waals surface area contributed by atoms with Gasteiger partial charge in [0, 0.05) is 18.2 Å². The Kier molecular flexibility index (Phi) is 16.2. The minimum Gasteiger partial charge on any atom is -0.469 e. The van der Waals surface area contributed by atoms with Gasteiger partial charge in [-0.2, -0.15) is 0 Å². The monoisotopic (exact) mass is 376 g/mol. The number of alkyl halides is 1. The van der Waals surface area contributed by atoms with Gasteiger partial charge in [-0.15, -0.1) is 11.6 Å². The van der Waals surface area contributed by atoms with Crippen molar-refractivity contribution in [3.8, 4) is 0 Å². The van der Waals surface area contributed by atoms with Crippen molar-refractivity contribution < 1.29 is 19.1 Å². The molecule has 2 unspecified atom stereocenters. The van der Waals surface area contributed by atoms with E-state index >= 15 is 0 Å². The molecule has 0 spiro atoms. The van der Waals surface area contributed by atoms with Crippen LogP contribution in [0.4, 0.5) is 0 Å². The van der Waals surface area contributed by atoms with E-state index < -0.39 is 0 Å². The van der Waals surface area contributed by atoms with Crippen molar-refractivity contribution in [2.45, 2.75) is 95.8 Å². The van der Waals surface area contributed by atoms with Gasteiger partial charge in [0.15, 0.2) is 0 Å². The molecule has 0 radical (unpaired) electrons. The SMILES string of the molecule is COC(=O)CCCCCCCCCCC(Cl)CCC(C)CC(=O)OC. The number of hydrogen-bond donors (Lipinski definition) is 0. The van der Waals surface area contributed by atoms with E-state index in [4.69, 9.17) is 11.6 Å². The first-order chi connectivity index (χ1) is 12.0. The van der Waals surface area contributed by atoms with E-state index in [2.05, 4.69) is 16.4 Å². The first-order valence-electron chi connectivity index (χ1n) is 9.77. The van der Waals surface area contributed by atoms with Crippen LogP contribution in [0.2, 0.25) is 0 Å². The lowest BCUT2D eigenvalue weighted by atomic mass is 9.98. The van der Waals surface area contributed by atoms with Gasteiger partial charge in [-0.3, -0.25) is 9.59 Å². The first kappa shape index (κ1) is 24.2. The third-order valence-corrected chi connectivity index (χ3v) is 5.03. The molecule has 4 nitrogen and oxygen atoms in total. The van der Waals surface area contributed by atoms with Crippen LogP contribution < -0.4 is 0 Å². The van der Waals surface area contributed by atoms with Gasteiger partial charge in [-0.05, 0) is 31.6 Å². The smallest absolute Gasteiger partial charge is 0.305 e. The summed E-state index contributed by atoms with van der Waals surface area (Å²) in [6, 6.07) is 0. The Bertz CT molecular complexity index is 347. The van der Waals surface area contributed by atoms with Gasteiger partial charge in [0.05, 0.1) is 14.2 Å². The van der Waals surface area contributed by atoms with Crippen LogP contribution in [0.5, 0.6) is 0 Å². The molecule has 0 fully saturated rings. The molecule has 0 aromatic heterocycles. The van der Waals surface area contributed by atoms with Crippen LogP contribution in [0.3, 0.4) is 0 Å². The molecule has 25 heavy (non-hydrogen) atoms. The summed E-state index contributed by atoms with van der Waals surface area (Å²) in [4.78, 5) is 22.2. The van der Waals surface area contributed by atoms with Gasteiger partial charge in [-0.25, -0.2) is 0 Å². The molecule has 148 valence electrons. The quantitative estimate of drug-likeness (QED) is 0.198. The fraction of sp³-hybridized carbons (Fsp3) is 0.900. The summed E-state index contributed by atoms with van der Waals surface area (Å²) in [5.41, 5.74) is 0. The molecule has 0 aliphatic carbocycles. The van der Waals surface area contributed by atoms with Gasteiger partial charge in [0.2, 0.25) is 0 Å². The van der Waals surface area contributed by atoms with Crippen molar-refractivity contribution in [2.24, 2.45) is 5.92 Å². The van der Waals surface area contributed by atoms with E-state index in [9.17, 15) is 9.59 Å².